The van der Waals surface area contributed by atoms with E-state index in [0.717, 1.165) is 25.9 Å². The second-order valence-corrected chi connectivity index (χ2v) is 16.9. The highest BCUT2D eigenvalue weighted by Gasteiger charge is 2.44. The largest absolute Gasteiger partial charge is 0.371 e. The highest BCUT2D eigenvalue weighted by molar-refractivity contribution is 7.94. The van der Waals surface area contributed by atoms with Crippen molar-refractivity contribution in [3.63, 3.8) is 0 Å². The van der Waals surface area contributed by atoms with Crippen LogP contribution < -0.4 is 19.7 Å². The van der Waals surface area contributed by atoms with Gasteiger partial charge in [0, 0.05) is 24.3 Å². The van der Waals surface area contributed by atoms with E-state index in [9.17, 15) is 21.6 Å². The van der Waals surface area contributed by atoms with Gasteiger partial charge in [0.15, 0.2) is 0 Å². The molecule has 1 aliphatic heterocycles. The maximum absolute atomic E-state index is 13.5. The predicted octanol–water partition coefficient (Wildman–Crippen LogP) is 4.94. The number of nitrogens with zero attached hydrogens (tertiary/aromatic N) is 1. The molecule has 1 saturated carbocycles. The summed E-state index contributed by atoms with van der Waals surface area (Å²) in [6.45, 7) is 11.7. The quantitative estimate of drug-likeness (QED) is 0.429. The molecule has 0 radical (unpaired) electrons. The van der Waals surface area contributed by atoms with Crippen LogP contribution in [0.3, 0.4) is 0 Å². The number of sulfonamides is 2. The summed E-state index contributed by atoms with van der Waals surface area (Å²) in [7, 11) is -7.43. The van der Waals surface area contributed by atoms with Crippen LogP contribution in [0.25, 0.3) is 0 Å². The third-order valence-electron chi connectivity index (χ3n) is 7.27. The predicted molar refractivity (Wildman–Crippen MR) is 156 cm³/mol. The van der Waals surface area contributed by atoms with Crippen molar-refractivity contribution in [1.29, 1.82) is 0 Å². The van der Waals surface area contributed by atoms with E-state index in [0.29, 0.717) is 28.0 Å². The van der Waals surface area contributed by atoms with E-state index in [4.69, 9.17) is 0 Å². The van der Waals surface area contributed by atoms with Crippen molar-refractivity contribution in [2.75, 3.05) is 28.0 Å². The van der Waals surface area contributed by atoms with E-state index >= 15 is 0 Å². The molecule has 4 rings (SSSR count). The Morgan fingerprint density at radius 3 is 2.05 bits per heavy atom. The molecule has 2 fully saturated rings. The molecule has 0 aromatic heterocycles. The normalized spacial score (nSPS) is 17.6. The molecule has 2 aliphatic rings. The van der Waals surface area contributed by atoms with Gasteiger partial charge in [-0.3, -0.25) is 9.52 Å². The van der Waals surface area contributed by atoms with Crippen LogP contribution in [0.5, 0.6) is 0 Å². The van der Waals surface area contributed by atoms with Crippen molar-refractivity contribution in [2.45, 2.75) is 82.4 Å². The number of carbonyl (C=O) groups is 1. The molecular weight excluding hydrogens is 536 g/mol. The molecule has 39 heavy (non-hydrogen) atoms. The fraction of sp³-hybridized carbons (Fsp3) is 0.536. The SMILES string of the molecule is CC(C)(C)NS(=O)(=O)c1cccc(NC(=O)c2ccc(NS(=O)(=O)C(C)(C)C)cc2N2CCC3(CC2)CC3)c1. The lowest BCUT2D eigenvalue weighted by Gasteiger charge is -2.35. The van der Waals surface area contributed by atoms with Gasteiger partial charge in [0.25, 0.3) is 5.91 Å². The van der Waals surface area contributed by atoms with Crippen molar-refractivity contribution in [2.24, 2.45) is 5.41 Å². The zero-order chi connectivity index (χ0) is 28.9. The van der Waals surface area contributed by atoms with Crippen LogP contribution in [-0.4, -0.2) is 46.1 Å². The maximum atomic E-state index is 13.5. The van der Waals surface area contributed by atoms with Gasteiger partial charge in [-0.25, -0.2) is 21.6 Å². The summed E-state index contributed by atoms with van der Waals surface area (Å²) in [4.78, 5) is 15.7. The lowest BCUT2D eigenvalue weighted by atomic mass is 9.93. The van der Waals surface area contributed by atoms with E-state index in [1.807, 2.05) is 0 Å². The molecule has 1 amide bonds. The van der Waals surface area contributed by atoms with E-state index < -0.39 is 36.2 Å². The number of piperidine rings is 1. The van der Waals surface area contributed by atoms with Gasteiger partial charge in [-0.05, 0) is 109 Å². The summed E-state index contributed by atoms with van der Waals surface area (Å²) in [5, 5.41) is 2.84. The zero-order valence-electron chi connectivity index (χ0n) is 23.6. The highest BCUT2D eigenvalue weighted by Crippen LogP contribution is 2.54. The number of hydrogen-bond acceptors (Lipinski definition) is 6. The molecule has 0 unspecified atom stereocenters. The first-order valence-electron chi connectivity index (χ1n) is 13.3. The molecule has 2 aromatic carbocycles. The van der Waals surface area contributed by atoms with Crippen molar-refractivity contribution < 1.29 is 21.6 Å². The molecule has 1 heterocycles. The molecule has 11 heteroatoms. The fourth-order valence-electron chi connectivity index (χ4n) is 4.66. The number of benzene rings is 2. The lowest BCUT2D eigenvalue weighted by Crippen LogP contribution is -2.40. The summed E-state index contributed by atoms with van der Waals surface area (Å²) in [6.07, 6.45) is 4.55. The van der Waals surface area contributed by atoms with Crippen LogP contribution in [0, 0.1) is 5.41 Å². The van der Waals surface area contributed by atoms with Crippen LogP contribution in [0.2, 0.25) is 0 Å². The number of anilines is 3. The lowest BCUT2D eigenvalue weighted by molar-refractivity contribution is 0.102. The van der Waals surface area contributed by atoms with E-state index in [1.54, 1.807) is 71.9 Å². The Labute approximate surface area is 232 Å². The first kappa shape index (κ1) is 29.4. The average molecular weight is 577 g/mol. The zero-order valence-corrected chi connectivity index (χ0v) is 25.2. The second kappa shape index (κ2) is 10.1. The summed E-state index contributed by atoms with van der Waals surface area (Å²) >= 11 is 0. The molecule has 0 atom stereocenters. The molecule has 9 nitrogen and oxygen atoms in total. The minimum absolute atomic E-state index is 0.0492. The summed E-state index contributed by atoms with van der Waals surface area (Å²) in [6, 6.07) is 11.0. The first-order valence-corrected chi connectivity index (χ1v) is 16.2. The van der Waals surface area contributed by atoms with E-state index in [-0.39, 0.29) is 4.90 Å². The smallest absolute Gasteiger partial charge is 0.257 e. The van der Waals surface area contributed by atoms with Crippen LogP contribution in [0.1, 0.15) is 77.6 Å². The van der Waals surface area contributed by atoms with Crippen LogP contribution in [0.15, 0.2) is 47.4 Å². The third-order valence-corrected chi connectivity index (χ3v) is 11.1. The Morgan fingerprint density at radius 2 is 1.49 bits per heavy atom. The molecule has 1 saturated heterocycles. The van der Waals surface area contributed by atoms with Gasteiger partial charge in [0.2, 0.25) is 20.0 Å². The topological polar surface area (TPSA) is 125 Å². The standard InChI is InChI=1S/C28H40N4O5S2/c1-26(2,3)31-38(34,35)22-9-7-8-20(18-22)29-25(33)23-11-10-21(30-39(36,37)27(4,5)6)19-24(23)32-16-14-28(12-13-28)15-17-32/h7-11,18-19,30-31H,12-17H2,1-6H3,(H,29,33). The van der Waals surface area contributed by atoms with Gasteiger partial charge < -0.3 is 10.2 Å². The molecule has 1 aliphatic carbocycles. The van der Waals surface area contributed by atoms with Gasteiger partial charge in [-0.1, -0.05) is 6.07 Å². The van der Waals surface area contributed by atoms with E-state index in [2.05, 4.69) is 19.7 Å². The number of hydrogen-bond donors (Lipinski definition) is 3. The minimum Gasteiger partial charge on any atom is -0.371 e. The van der Waals surface area contributed by atoms with Gasteiger partial charge in [-0.15, -0.1) is 0 Å². The maximum Gasteiger partial charge on any atom is 0.257 e. The van der Waals surface area contributed by atoms with Gasteiger partial charge >= 0.3 is 0 Å². The van der Waals surface area contributed by atoms with Gasteiger partial charge in [0.1, 0.15) is 0 Å². The van der Waals surface area contributed by atoms with Crippen molar-refractivity contribution in [3.8, 4) is 0 Å². The summed E-state index contributed by atoms with van der Waals surface area (Å²) in [5.74, 6) is -0.403. The number of amides is 1. The second-order valence-electron chi connectivity index (χ2n) is 12.8. The van der Waals surface area contributed by atoms with Gasteiger partial charge in [0.05, 0.1) is 26.6 Å². The molecular formula is C28H40N4O5S2. The van der Waals surface area contributed by atoms with Crippen molar-refractivity contribution >= 4 is 43.0 Å². The molecule has 3 N–H and O–H groups in total. The van der Waals surface area contributed by atoms with Crippen LogP contribution in [0.4, 0.5) is 17.1 Å². The Bertz CT molecular complexity index is 1460. The minimum atomic E-state index is -3.78. The van der Waals surface area contributed by atoms with E-state index in [1.165, 1.54) is 25.0 Å². The Morgan fingerprint density at radius 1 is 0.846 bits per heavy atom. The molecule has 0 bridgehead atoms. The Balaban J connectivity index is 1.63. The monoisotopic (exact) mass is 576 g/mol. The van der Waals surface area contributed by atoms with Crippen LogP contribution in [-0.2, 0) is 20.0 Å². The van der Waals surface area contributed by atoms with Crippen molar-refractivity contribution in [3.05, 3.63) is 48.0 Å². The third kappa shape index (κ3) is 6.93. The number of carbonyl (C=O) groups excluding carboxylic acids is 1. The Kier molecular flexibility index (Phi) is 7.59. The number of rotatable bonds is 7. The summed E-state index contributed by atoms with van der Waals surface area (Å²) in [5.41, 5.74) is 1.55. The Hall–Kier alpha value is -2.63. The number of nitrogens with one attached hydrogen (secondary N) is 3. The fourth-order valence-corrected chi connectivity index (χ4v) is 6.86. The van der Waals surface area contributed by atoms with Gasteiger partial charge in [-0.2, -0.15) is 0 Å². The molecule has 214 valence electrons. The summed E-state index contributed by atoms with van der Waals surface area (Å²) < 4.78 is 55.5. The van der Waals surface area contributed by atoms with Crippen molar-refractivity contribution in [1.82, 2.24) is 4.72 Å². The first-order chi connectivity index (χ1) is 17.9. The molecule has 2 aromatic rings. The highest BCUT2D eigenvalue weighted by atomic mass is 32.2. The average Bonchev–Trinajstić information content (AvgIpc) is 3.56. The van der Waals surface area contributed by atoms with Crippen LogP contribution >= 0.6 is 0 Å². The molecule has 1 spiro atoms.